The van der Waals surface area contributed by atoms with Crippen molar-refractivity contribution >= 4 is 5.97 Å². The monoisotopic (exact) mass is 157 g/mol. The van der Waals surface area contributed by atoms with Crippen molar-refractivity contribution < 1.29 is 9.90 Å². The number of nitrogens with zero attached hydrogens (tertiary/aromatic N) is 1. The van der Waals surface area contributed by atoms with Crippen LogP contribution in [0.3, 0.4) is 0 Å². The average molecular weight is 157 g/mol. The van der Waals surface area contributed by atoms with Gasteiger partial charge in [0.2, 0.25) is 0 Å². The lowest BCUT2D eigenvalue weighted by Crippen LogP contribution is -2.42. The first-order valence-electron chi connectivity index (χ1n) is 4.19. The molecule has 0 spiro atoms. The van der Waals surface area contributed by atoms with E-state index in [9.17, 15) is 4.79 Å². The van der Waals surface area contributed by atoms with Gasteiger partial charge >= 0.3 is 5.97 Å². The topological polar surface area (TPSA) is 40.5 Å². The van der Waals surface area contributed by atoms with Gasteiger partial charge < -0.3 is 10.0 Å². The summed E-state index contributed by atoms with van der Waals surface area (Å²) >= 11 is 0. The number of likely N-dealkylation sites (tertiary alicyclic amines) is 1. The Morgan fingerprint density at radius 2 is 2.27 bits per heavy atom. The van der Waals surface area contributed by atoms with Gasteiger partial charge in [0.25, 0.3) is 0 Å². The zero-order valence-corrected chi connectivity index (χ0v) is 6.92. The predicted octanol–water partition coefficient (Wildman–Crippen LogP) is 0.803. The van der Waals surface area contributed by atoms with Crippen LogP contribution in [0.2, 0.25) is 0 Å². The Labute approximate surface area is 67.0 Å². The SMILES string of the molecule is CC[C@H](CN1CCC1)C(=O)O. The summed E-state index contributed by atoms with van der Waals surface area (Å²) in [6, 6.07) is 0. The minimum absolute atomic E-state index is 0.157. The third kappa shape index (κ3) is 2.19. The first-order valence-corrected chi connectivity index (χ1v) is 4.19. The summed E-state index contributed by atoms with van der Waals surface area (Å²) in [6.45, 7) is 4.85. The molecule has 0 aromatic heterocycles. The molecule has 0 aromatic carbocycles. The number of aliphatic carboxylic acids is 1. The lowest BCUT2D eigenvalue weighted by Gasteiger charge is -2.32. The van der Waals surface area contributed by atoms with E-state index in [-0.39, 0.29) is 5.92 Å². The van der Waals surface area contributed by atoms with E-state index in [1.807, 2.05) is 6.92 Å². The predicted molar refractivity (Wildman–Crippen MR) is 42.5 cm³/mol. The van der Waals surface area contributed by atoms with Crippen molar-refractivity contribution in [2.24, 2.45) is 5.92 Å². The highest BCUT2D eigenvalue weighted by molar-refractivity contribution is 5.70. The lowest BCUT2D eigenvalue weighted by atomic mass is 10.0. The molecular formula is C8H15NO2. The van der Waals surface area contributed by atoms with Crippen LogP contribution in [0.5, 0.6) is 0 Å². The molecule has 1 rings (SSSR count). The van der Waals surface area contributed by atoms with Gasteiger partial charge in [-0.05, 0) is 25.9 Å². The molecule has 0 amide bonds. The Balaban J connectivity index is 2.24. The van der Waals surface area contributed by atoms with E-state index in [0.29, 0.717) is 0 Å². The molecule has 1 fully saturated rings. The van der Waals surface area contributed by atoms with E-state index in [1.54, 1.807) is 0 Å². The molecule has 1 saturated heterocycles. The van der Waals surface area contributed by atoms with E-state index in [2.05, 4.69) is 4.90 Å². The minimum Gasteiger partial charge on any atom is -0.481 e. The van der Waals surface area contributed by atoms with E-state index in [4.69, 9.17) is 5.11 Å². The van der Waals surface area contributed by atoms with Crippen molar-refractivity contribution in [1.29, 1.82) is 0 Å². The smallest absolute Gasteiger partial charge is 0.307 e. The Bertz CT molecular complexity index is 143. The largest absolute Gasteiger partial charge is 0.481 e. The van der Waals surface area contributed by atoms with Crippen LogP contribution in [0.4, 0.5) is 0 Å². The number of carboxylic acid groups (broad SMARTS) is 1. The summed E-state index contributed by atoms with van der Waals surface area (Å²) in [6.07, 6.45) is 1.97. The van der Waals surface area contributed by atoms with Crippen LogP contribution >= 0.6 is 0 Å². The molecule has 64 valence electrons. The first kappa shape index (κ1) is 8.53. The maximum Gasteiger partial charge on any atom is 0.307 e. The van der Waals surface area contributed by atoms with Crippen LogP contribution in [0.25, 0.3) is 0 Å². The van der Waals surface area contributed by atoms with E-state index < -0.39 is 5.97 Å². The molecule has 0 unspecified atom stereocenters. The van der Waals surface area contributed by atoms with Crippen LogP contribution in [0, 0.1) is 5.92 Å². The van der Waals surface area contributed by atoms with Crippen LogP contribution in [-0.4, -0.2) is 35.6 Å². The molecule has 1 atom stereocenters. The van der Waals surface area contributed by atoms with E-state index >= 15 is 0 Å². The second kappa shape index (κ2) is 3.72. The second-order valence-corrected chi connectivity index (χ2v) is 3.10. The number of hydrogen-bond acceptors (Lipinski definition) is 2. The molecule has 0 aromatic rings. The fourth-order valence-electron chi connectivity index (χ4n) is 1.26. The van der Waals surface area contributed by atoms with E-state index in [1.165, 1.54) is 6.42 Å². The van der Waals surface area contributed by atoms with Gasteiger partial charge in [0, 0.05) is 6.54 Å². The maximum atomic E-state index is 10.6. The highest BCUT2D eigenvalue weighted by Crippen LogP contribution is 2.11. The minimum atomic E-state index is -0.653. The van der Waals surface area contributed by atoms with Crippen molar-refractivity contribution in [2.75, 3.05) is 19.6 Å². The molecule has 1 N–H and O–H groups in total. The summed E-state index contributed by atoms with van der Waals surface area (Å²) in [5.74, 6) is -0.810. The molecule has 0 saturated carbocycles. The summed E-state index contributed by atoms with van der Waals surface area (Å²) in [5, 5.41) is 8.72. The molecule has 1 aliphatic heterocycles. The third-order valence-electron chi connectivity index (χ3n) is 2.27. The normalized spacial score (nSPS) is 20.8. The zero-order chi connectivity index (χ0) is 8.27. The Morgan fingerprint density at radius 3 is 2.55 bits per heavy atom. The summed E-state index contributed by atoms with van der Waals surface area (Å²) in [4.78, 5) is 12.8. The van der Waals surface area contributed by atoms with E-state index in [0.717, 1.165) is 26.1 Å². The van der Waals surface area contributed by atoms with Crippen LogP contribution in [0.1, 0.15) is 19.8 Å². The quantitative estimate of drug-likeness (QED) is 0.656. The van der Waals surface area contributed by atoms with Crippen molar-refractivity contribution in [3.63, 3.8) is 0 Å². The molecule has 0 aliphatic carbocycles. The molecule has 0 radical (unpaired) electrons. The second-order valence-electron chi connectivity index (χ2n) is 3.10. The van der Waals surface area contributed by atoms with Gasteiger partial charge in [0.1, 0.15) is 0 Å². The van der Waals surface area contributed by atoms with Gasteiger partial charge in [0.15, 0.2) is 0 Å². The van der Waals surface area contributed by atoms with Crippen molar-refractivity contribution in [3.8, 4) is 0 Å². The molecule has 1 aliphatic rings. The fraction of sp³-hybridized carbons (Fsp3) is 0.875. The van der Waals surface area contributed by atoms with Gasteiger partial charge in [-0.15, -0.1) is 0 Å². The summed E-state index contributed by atoms with van der Waals surface area (Å²) < 4.78 is 0. The Hall–Kier alpha value is -0.570. The number of carbonyl (C=O) groups is 1. The van der Waals surface area contributed by atoms with Gasteiger partial charge in [-0.2, -0.15) is 0 Å². The lowest BCUT2D eigenvalue weighted by molar-refractivity contribution is -0.142. The number of rotatable bonds is 4. The fourth-order valence-corrected chi connectivity index (χ4v) is 1.26. The molecule has 11 heavy (non-hydrogen) atoms. The molecule has 1 heterocycles. The maximum absolute atomic E-state index is 10.6. The van der Waals surface area contributed by atoms with Crippen molar-refractivity contribution in [3.05, 3.63) is 0 Å². The van der Waals surface area contributed by atoms with Crippen LogP contribution in [-0.2, 0) is 4.79 Å². The summed E-state index contributed by atoms with van der Waals surface area (Å²) in [7, 11) is 0. The van der Waals surface area contributed by atoms with Gasteiger partial charge in [-0.25, -0.2) is 0 Å². The highest BCUT2D eigenvalue weighted by Gasteiger charge is 2.22. The standard InChI is InChI=1S/C8H15NO2/c1-2-7(8(10)11)6-9-4-3-5-9/h7H,2-6H2,1H3,(H,10,11)/t7-/m1/s1. The highest BCUT2D eigenvalue weighted by atomic mass is 16.4. The van der Waals surface area contributed by atoms with Crippen LogP contribution < -0.4 is 0 Å². The van der Waals surface area contributed by atoms with Crippen molar-refractivity contribution in [1.82, 2.24) is 4.90 Å². The average Bonchev–Trinajstić information content (AvgIpc) is 1.85. The summed E-state index contributed by atoms with van der Waals surface area (Å²) in [5.41, 5.74) is 0. The van der Waals surface area contributed by atoms with Gasteiger partial charge in [-0.1, -0.05) is 6.92 Å². The Morgan fingerprint density at radius 1 is 1.64 bits per heavy atom. The van der Waals surface area contributed by atoms with Gasteiger partial charge in [-0.3, -0.25) is 4.79 Å². The molecule has 0 bridgehead atoms. The number of hydrogen-bond donors (Lipinski definition) is 1. The zero-order valence-electron chi connectivity index (χ0n) is 6.92. The number of carboxylic acids is 1. The van der Waals surface area contributed by atoms with Crippen molar-refractivity contribution in [2.45, 2.75) is 19.8 Å². The molecule has 3 heteroatoms. The van der Waals surface area contributed by atoms with Gasteiger partial charge in [0.05, 0.1) is 5.92 Å². The Kier molecular flexibility index (Phi) is 2.88. The first-order chi connectivity index (χ1) is 5.24. The molecular weight excluding hydrogens is 142 g/mol. The molecule has 3 nitrogen and oxygen atoms in total. The van der Waals surface area contributed by atoms with Crippen LogP contribution in [0.15, 0.2) is 0 Å². The third-order valence-corrected chi connectivity index (χ3v) is 2.27.